The molecule has 0 fully saturated rings. The summed E-state index contributed by atoms with van der Waals surface area (Å²) in [6.45, 7) is 4.70. The summed E-state index contributed by atoms with van der Waals surface area (Å²) >= 11 is 1.87. The van der Waals surface area contributed by atoms with Crippen LogP contribution in [0, 0.1) is 0 Å². The second-order valence-corrected chi connectivity index (χ2v) is 16.0. The van der Waals surface area contributed by atoms with Gasteiger partial charge in [-0.3, -0.25) is 0 Å². The Balaban J connectivity index is 1.11. The number of nitrogens with zero attached hydrogens (tertiary/aromatic N) is 1. The van der Waals surface area contributed by atoms with Crippen molar-refractivity contribution in [3.05, 3.63) is 187 Å². The average molecular weight is 694 g/mol. The molecule has 0 bridgehead atoms. The van der Waals surface area contributed by atoms with Gasteiger partial charge in [0, 0.05) is 42.6 Å². The third-order valence-electron chi connectivity index (χ3n) is 11.6. The largest absolute Gasteiger partial charge is 0.310 e. The molecule has 0 N–H and O–H groups in total. The third-order valence-corrected chi connectivity index (χ3v) is 12.8. The number of thiophene rings is 1. The lowest BCUT2D eigenvalue weighted by atomic mass is 9.82. The number of hydrogen-bond acceptors (Lipinski definition) is 2. The SMILES string of the molecule is CC1(C)c2ccccc2-c2cc(N(c3ccc(-c4cc5ccccc5c5c4ccc4ccccc45)cc3)c3ccc4sc5ccccc5c4c3)ccc21. The summed E-state index contributed by atoms with van der Waals surface area (Å²) in [5.41, 5.74) is 11.3. The maximum absolute atomic E-state index is 2.44. The summed E-state index contributed by atoms with van der Waals surface area (Å²) in [6, 6.07) is 65.5. The van der Waals surface area contributed by atoms with E-state index in [4.69, 9.17) is 0 Å². The number of anilines is 3. The van der Waals surface area contributed by atoms with Crippen LogP contribution in [0.3, 0.4) is 0 Å². The van der Waals surface area contributed by atoms with Gasteiger partial charge in [0.15, 0.2) is 0 Å². The van der Waals surface area contributed by atoms with Crippen LogP contribution in [0.25, 0.3) is 74.7 Å². The number of benzene rings is 9. The molecule has 53 heavy (non-hydrogen) atoms. The average Bonchev–Trinajstić information content (AvgIpc) is 3.69. The highest BCUT2D eigenvalue weighted by atomic mass is 32.1. The van der Waals surface area contributed by atoms with Gasteiger partial charge in [-0.25, -0.2) is 0 Å². The summed E-state index contributed by atoms with van der Waals surface area (Å²) in [4.78, 5) is 2.44. The normalized spacial score (nSPS) is 13.2. The van der Waals surface area contributed by atoms with Crippen molar-refractivity contribution in [2.75, 3.05) is 4.90 Å². The summed E-state index contributed by atoms with van der Waals surface area (Å²) in [5.74, 6) is 0. The fourth-order valence-corrected chi connectivity index (χ4v) is 10.1. The topological polar surface area (TPSA) is 3.24 Å². The molecule has 1 aromatic heterocycles. The van der Waals surface area contributed by atoms with Crippen molar-refractivity contribution in [3.8, 4) is 22.3 Å². The molecule has 11 rings (SSSR count). The van der Waals surface area contributed by atoms with E-state index in [0.717, 1.165) is 17.1 Å². The van der Waals surface area contributed by atoms with E-state index in [1.54, 1.807) is 0 Å². The van der Waals surface area contributed by atoms with Gasteiger partial charge >= 0.3 is 0 Å². The summed E-state index contributed by atoms with van der Waals surface area (Å²) in [5, 5.41) is 10.3. The highest BCUT2D eigenvalue weighted by molar-refractivity contribution is 7.25. The van der Waals surface area contributed by atoms with E-state index in [-0.39, 0.29) is 5.41 Å². The molecule has 0 aliphatic heterocycles. The Morgan fingerprint density at radius 1 is 0.396 bits per heavy atom. The highest BCUT2D eigenvalue weighted by Gasteiger charge is 2.35. The molecule has 0 radical (unpaired) electrons. The van der Waals surface area contributed by atoms with E-state index in [9.17, 15) is 0 Å². The molecule has 0 saturated carbocycles. The molecular formula is C51H35NS. The van der Waals surface area contributed by atoms with Crippen LogP contribution in [0.1, 0.15) is 25.0 Å². The van der Waals surface area contributed by atoms with Crippen molar-refractivity contribution < 1.29 is 0 Å². The van der Waals surface area contributed by atoms with Crippen molar-refractivity contribution in [1.82, 2.24) is 0 Å². The van der Waals surface area contributed by atoms with Crippen molar-refractivity contribution in [2.24, 2.45) is 0 Å². The first-order valence-electron chi connectivity index (χ1n) is 18.4. The van der Waals surface area contributed by atoms with Crippen LogP contribution in [0.5, 0.6) is 0 Å². The van der Waals surface area contributed by atoms with Crippen molar-refractivity contribution in [1.29, 1.82) is 0 Å². The summed E-state index contributed by atoms with van der Waals surface area (Å²) in [7, 11) is 0. The van der Waals surface area contributed by atoms with Crippen LogP contribution in [0.2, 0.25) is 0 Å². The number of hydrogen-bond donors (Lipinski definition) is 0. The van der Waals surface area contributed by atoms with Gasteiger partial charge in [-0.1, -0.05) is 135 Å². The highest BCUT2D eigenvalue weighted by Crippen LogP contribution is 2.51. The monoisotopic (exact) mass is 693 g/mol. The van der Waals surface area contributed by atoms with E-state index in [0.29, 0.717) is 0 Å². The zero-order valence-corrected chi connectivity index (χ0v) is 30.4. The molecule has 1 aliphatic carbocycles. The molecule has 1 aliphatic rings. The van der Waals surface area contributed by atoms with Gasteiger partial charge in [0.1, 0.15) is 0 Å². The number of rotatable bonds is 4. The Kier molecular flexibility index (Phi) is 6.53. The predicted octanol–water partition coefficient (Wildman–Crippen LogP) is 15.0. The van der Waals surface area contributed by atoms with Gasteiger partial charge in [0.25, 0.3) is 0 Å². The van der Waals surface area contributed by atoms with Crippen LogP contribution in [-0.2, 0) is 5.41 Å². The lowest BCUT2D eigenvalue weighted by Crippen LogP contribution is -2.15. The van der Waals surface area contributed by atoms with Crippen molar-refractivity contribution in [2.45, 2.75) is 19.3 Å². The first-order valence-corrected chi connectivity index (χ1v) is 19.2. The minimum atomic E-state index is -0.0423. The molecule has 10 aromatic rings. The van der Waals surface area contributed by atoms with Crippen molar-refractivity contribution >= 4 is 80.9 Å². The van der Waals surface area contributed by atoms with Gasteiger partial charge in [-0.15, -0.1) is 11.3 Å². The molecule has 0 atom stereocenters. The zero-order valence-electron chi connectivity index (χ0n) is 29.6. The fraction of sp³-hybridized carbons (Fsp3) is 0.0588. The Morgan fingerprint density at radius 2 is 1.02 bits per heavy atom. The lowest BCUT2D eigenvalue weighted by molar-refractivity contribution is 0.660. The molecule has 250 valence electrons. The molecule has 1 heterocycles. The van der Waals surface area contributed by atoms with Crippen LogP contribution < -0.4 is 4.90 Å². The Labute approximate surface area is 313 Å². The van der Waals surface area contributed by atoms with Crippen LogP contribution in [-0.4, -0.2) is 0 Å². The van der Waals surface area contributed by atoms with Gasteiger partial charge in [-0.2, -0.15) is 0 Å². The lowest BCUT2D eigenvalue weighted by Gasteiger charge is -2.27. The fourth-order valence-electron chi connectivity index (χ4n) is 9.05. The second-order valence-electron chi connectivity index (χ2n) is 14.9. The number of fused-ring (bicyclic) bond motifs is 11. The maximum atomic E-state index is 2.44. The minimum absolute atomic E-state index is 0.0423. The maximum Gasteiger partial charge on any atom is 0.0468 e. The van der Waals surface area contributed by atoms with Gasteiger partial charge in [-0.05, 0) is 120 Å². The molecule has 0 amide bonds. The van der Waals surface area contributed by atoms with Gasteiger partial charge < -0.3 is 4.90 Å². The van der Waals surface area contributed by atoms with E-state index in [2.05, 4.69) is 195 Å². The molecule has 0 spiro atoms. The molecule has 1 nitrogen and oxygen atoms in total. The van der Waals surface area contributed by atoms with Crippen LogP contribution in [0.4, 0.5) is 17.1 Å². The smallest absolute Gasteiger partial charge is 0.0468 e. The zero-order chi connectivity index (χ0) is 35.3. The van der Waals surface area contributed by atoms with E-state index in [1.807, 2.05) is 11.3 Å². The first-order chi connectivity index (χ1) is 26.0. The standard InChI is InChI=1S/C51H35NS/c1-51(2)46-17-9-7-15-40(46)44-30-36(24-27-47(44)51)52(37-25-28-49-45(31-37)41-16-8-10-18-48(41)53-49)35-22-19-33(20-23-35)43-29-34-12-4-6-14-39(34)50-38-13-5-3-11-32(38)21-26-42(43)50/h3-31H,1-2H3. The third kappa shape index (κ3) is 4.56. The molecule has 2 heteroatoms. The van der Waals surface area contributed by atoms with Crippen molar-refractivity contribution in [3.63, 3.8) is 0 Å². The molecule has 0 unspecified atom stereocenters. The summed E-state index contributed by atoms with van der Waals surface area (Å²) in [6.07, 6.45) is 0. The molecule has 9 aromatic carbocycles. The second kappa shape index (κ2) is 11.4. The molecular weight excluding hydrogens is 659 g/mol. The summed E-state index contributed by atoms with van der Waals surface area (Å²) < 4.78 is 2.63. The quantitative estimate of drug-likeness (QED) is 0.166. The first kappa shape index (κ1) is 30.4. The van der Waals surface area contributed by atoms with Gasteiger partial charge in [0.05, 0.1) is 0 Å². The Bertz CT molecular complexity index is 3080. The predicted molar refractivity (Wildman–Crippen MR) is 230 cm³/mol. The Morgan fingerprint density at radius 3 is 1.87 bits per heavy atom. The van der Waals surface area contributed by atoms with Gasteiger partial charge in [0.2, 0.25) is 0 Å². The van der Waals surface area contributed by atoms with E-state index < -0.39 is 0 Å². The van der Waals surface area contributed by atoms with Crippen LogP contribution in [0.15, 0.2) is 176 Å². The van der Waals surface area contributed by atoms with Crippen LogP contribution >= 0.6 is 11.3 Å². The van der Waals surface area contributed by atoms with E-state index in [1.165, 1.54) is 85.9 Å². The Hall–Kier alpha value is -6.22. The minimum Gasteiger partial charge on any atom is -0.310 e. The van der Waals surface area contributed by atoms with E-state index >= 15 is 0 Å². The molecule has 0 saturated heterocycles.